The first-order valence-corrected chi connectivity index (χ1v) is 8.26. The third-order valence-corrected chi connectivity index (χ3v) is 4.18. The van der Waals surface area contributed by atoms with E-state index in [1.165, 1.54) is 0 Å². The Kier molecular flexibility index (Phi) is 4.84. The normalized spacial score (nSPS) is 10.5. The zero-order valence-electron chi connectivity index (χ0n) is 14.7. The van der Waals surface area contributed by atoms with Gasteiger partial charge in [0.2, 0.25) is 0 Å². The molecule has 2 amide bonds. The highest BCUT2D eigenvalue weighted by Gasteiger charge is 2.13. The number of rotatable bonds is 4. The molecule has 0 atom stereocenters. The third-order valence-electron chi connectivity index (χ3n) is 4.18. The minimum atomic E-state index is -0.227. The van der Waals surface area contributed by atoms with Crippen LogP contribution in [0.15, 0.2) is 54.6 Å². The molecular weight excluding hydrogens is 312 g/mol. The lowest BCUT2D eigenvalue weighted by molar-refractivity contribution is 0.251. The Morgan fingerprint density at radius 2 is 1.68 bits per heavy atom. The van der Waals surface area contributed by atoms with Gasteiger partial charge >= 0.3 is 6.03 Å². The van der Waals surface area contributed by atoms with Crippen LogP contribution in [0.3, 0.4) is 0 Å². The lowest BCUT2D eigenvalue weighted by Crippen LogP contribution is -2.28. The van der Waals surface area contributed by atoms with Crippen LogP contribution < -0.4 is 10.6 Å². The number of anilines is 1. The van der Waals surface area contributed by atoms with Crippen molar-refractivity contribution in [1.29, 1.82) is 0 Å². The van der Waals surface area contributed by atoms with Gasteiger partial charge in [0.05, 0.1) is 11.4 Å². The van der Waals surface area contributed by atoms with Gasteiger partial charge < -0.3 is 10.6 Å². The Labute approximate surface area is 147 Å². The quantitative estimate of drug-likeness (QED) is 0.754. The smallest absolute Gasteiger partial charge is 0.319 e. The molecule has 1 heterocycles. The van der Waals surface area contributed by atoms with Crippen molar-refractivity contribution in [2.24, 2.45) is 0 Å². The fourth-order valence-electron chi connectivity index (χ4n) is 2.73. The van der Waals surface area contributed by atoms with Crippen LogP contribution >= 0.6 is 0 Å². The summed E-state index contributed by atoms with van der Waals surface area (Å²) in [4.78, 5) is 12.1. The highest BCUT2D eigenvalue weighted by molar-refractivity contribution is 5.89. The van der Waals surface area contributed by atoms with E-state index in [4.69, 9.17) is 0 Å². The molecule has 0 aliphatic heterocycles. The summed E-state index contributed by atoms with van der Waals surface area (Å²) in [5, 5.41) is 10.3. The van der Waals surface area contributed by atoms with Crippen molar-refractivity contribution in [2.75, 3.05) is 5.32 Å². The van der Waals surface area contributed by atoms with Gasteiger partial charge in [-0.2, -0.15) is 5.10 Å². The van der Waals surface area contributed by atoms with Crippen molar-refractivity contribution in [1.82, 2.24) is 15.1 Å². The molecule has 0 saturated carbocycles. The zero-order valence-corrected chi connectivity index (χ0v) is 14.7. The van der Waals surface area contributed by atoms with Gasteiger partial charge in [0.1, 0.15) is 0 Å². The van der Waals surface area contributed by atoms with E-state index in [0.717, 1.165) is 33.9 Å². The summed E-state index contributed by atoms with van der Waals surface area (Å²) in [6.07, 6.45) is 0. The molecule has 0 saturated heterocycles. The van der Waals surface area contributed by atoms with Gasteiger partial charge in [0.15, 0.2) is 0 Å². The van der Waals surface area contributed by atoms with Crippen LogP contribution in [0, 0.1) is 20.8 Å². The summed E-state index contributed by atoms with van der Waals surface area (Å²) in [5.41, 5.74) is 5.92. The maximum absolute atomic E-state index is 12.1. The second-order valence-corrected chi connectivity index (χ2v) is 6.07. The first-order valence-electron chi connectivity index (χ1n) is 8.26. The van der Waals surface area contributed by atoms with E-state index in [1.807, 2.05) is 80.1 Å². The molecule has 3 rings (SSSR count). The number of hydrogen-bond donors (Lipinski definition) is 2. The predicted octanol–water partition coefficient (Wildman–Crippen LogP) is 4.12. The standard InChI is InChI=1S/C20H22N4O/c1-14-9-11-17(12-10-14)22-20(25)21-13-19-15(2)23-24(16(19)3)18-7-5-4-6-8-18/h4-12H,13H2,1-3H3,(H2,21,22,25). The molecule has 0 aliphatic rings. The number of aryl methyl sites for hydroxylation is 2. The number of hydrogen-bond acceptors (Lipinski definition) is 2. The van der Waals surface area contributed by atoms with Crippen LogP contribution in [0.4, 0.5) is 10.5 Å². The molecule has 0 radical (unpaired) electrons. The molecule has 1 aromatic heterocycles. The Bertz CT molecular complexity index is 867. The first kappa shape index (κ1) is 16.8. The van der Waals surface area contributed by atoms with Gasteiger partial charge in [-0.25, -0.2) is 9.48 Å². The van der Waals surface area contributed by atoms with E-state index in [1.54, 1.807) is 0 Å². The number of carbonyl (C=O) groups excluding carboxylic acids is 1. The maximum Gasteiger partial charge on any atom is 0.319 e. The minimum Gasteiger partial charge on any atom is -0.334 e. The predicted molar refractivity (Wildman–Crippen MR) is 100 cm³/mol. The van der Waals surface area contributed by atoms with Crippen molar-refractivity contribution in [2.45, 2.75) is 27.3 Å². The van der Waals surface area contributed by atoms with E-state index in [9.17, 15) is 4.79 Å². The fraction of sp³-hybridized carbons (Fsp3) is 0.200. The van der Waals surface area contributed by atoms with Crippen molar-refractivity contribution >= 4 is 11.7 Å². The summed E-state index contributed by atoms with van der Waals surface area (Å²) in [6, 6.07) is 17.5. The van der Waals surface area contributed by atoms with E-state index >= 15 is 0 Å². The van der Waals surface area contributed by atoms with Gasteiger partial charge in [0, 0.05) is 23.5 Å². The largest absolute Gasteiger partial charge is 0.334 e. The number of amides is 2. The number of para-hydroxylation sites is 1. The maximum atomic E-state index is 12.1. The summed E-state index contributed by atoms with van der Waals surface area (Å²) in [6.45, 7) is 6.42. The molecule has 2 N–H and O–H groups in total. The van der Waals surface area contributed by atoms with Crippen LogP contribution in [0.25, 0.3) is 5.69 Å². The van der Waals surface area contributed by atoms with E-state index in [2.05, 4.69) is 15.7 Å². The summed E-state index contributed by atoms with van der Waals surface area (Å²) in [7, 11) is 0. The highest BCUT2D eigenvalue weighted by Crippen LogP contribution is 2.17. The van der Waals surface area contributed by atoms with Gasteiger partial charge in [-0.15, -0.1) is 0 Å². The molecule has 0 aliphatic carbocycles. The Morgan fingerprint density at radius 1 is 1.00 bits per heavy atom. The molecule has 0 spiro atoms. The molecule has 0 unspecified atom stereocenters. The average Bonchev–Trinajstić information content (AvgIpc) is 2.90. The SMILES string of the molecule is Cc1ccc(NC(=O)NCc2c(C)nn(-c3ccccc3)c2C)cc1. The molecule has 0 fully saturated rings. The Morgan fingerprint density at radius 3 is 2.36 bits per heavy atom. The number of nitrogens with zero attached hydrogens (tertiary/aromatic N) is 2. The van der Waals surface area contributed by atoms with Crippen LogP contribution in [0.5, 0.6) is 0 Å². The highest BCUT2D eigenvalue weighted by atomic mass is 16.2. The fourth-order valence-corrected chi connectivity index (χ4v) is 2.73. The second kappa shape index (κ2) is 7.21. The molecule has 5 heteroatoms. The number of carbonyl (C=O) groups is 1. The summed E-state index contributed by atoms with van der Waals surface area (Å²) in [5.74, 6) is 0. The van der Waals surface area contributed by atoms with Crippen molar-refractivity contribution in [3.8, 4) is 5.69 Å². The number of benzene rings is 2. The first-order chi connectivity index (χ1) is 12.0. The van der Waals surface area contributed by atoms with Crippen LogP contribution in [-0.2, 0) is 6.54 Å². The van der Waals surface area contributed by atoms with E-state index in [0.29, 0.717) is 6.54 Å². The molecule has 25 heavy (non-hydrogen) atoms. The van der Waals surface area contributed by atoms with E-state index in [-0.39, 0.29) is 6.03 Å². The van der Waals surface area contributed by atoms with Crippen molar-refractivity contribution in [3.63, 3.8) is 0 Å². The van der Waals surface area contributed by atoms with Crippen LogP contribution in [0.2, 0.25) is 0 Å². The van der Waals surface area contributed by atoms with Gasteiger partial charge in [-0.3, -0.25) is 0 Å². The van der Waals surface area contributed by atoms with E-state index < -0.39 is 0 Å². The molecule has 2 aromatic carbocycles. The molecule has 3 aromatic rings. The monoisotopic (exact) mass is 334 g/mol. The lowest BCUT2D eigenvalue weighted by Gasteiger charge is -2.09. The topological polar surface area (TPSA) is 59.0 Å². The average molecular weight is 334 g/mol. The minimum absolute atomic E-state index is 0.227. The summed E-state index contributed by atoms with van der Waals surface area (Å²) < 4.78 is 1.91. The van der Waals surface area contributed by atoms with Crippen molar-refractivity contribution < 1.29 is 4.79 Å². The number of nitrogens with one attached hydrogen (secondary N) is 2. The third kappa shape index (κ3) is 3.88. The molecule has 0 bridgehead atoms. The van der Waals surface area contributed by atoms with Gasteiger partial charge in [0.25, 0.3) is 0 Å². The number of aromatic nitrogens is 2. The van der Waals surface area contributed by atoms with Crippen LogP contribution in [-0.4, -0.2) is 15.8 Å². The van der Waals surface area contributed by atoms with Crippen LogP contribution in [0.1, 0.15) is 22.5 Å². The molecular formula is C20H22N4O. The molecule has 5 nitrogen and oxygen atoms in total. The molecule has 128 valence electrons. The lowest BCUT2D eigenvalue weighted by atomic mass is 10.2. The Balaban J connectivity index is 1.68. The number of urea groups is 1. The van der Waals surface area contributed by atoms with Crippen molar-refractivity contribution in [3.05, 3.63) is 77.1 Å². The van der Waals surface area contributed by atoms with Gasteiger partial charge in [-0.05, 0) is 45.0 Å². The van der Waals surface area contributed by atoms with Gasteiger partial charge in [-0.1, -0.05) is 35.9 Å². The second-order valence-electron chi connectivity index (χ2n) is 6.07. The zero-order chi connectivity index (χ0) is 17.8. The Hall–Kier alpha value is -3.08. The summed E-state index contributed by atoms with van der Waals surface area (Å²) >= 11 is 0.